The van der Waals surface area contributed by atoms with Gasteiger partial charge in [-0.3, -0.25) is 9.10 Å². The maximum absolute atomic E-state index is 13.5. The number of carbonyl (C=O) groups excluding carboxylic acids is 2. The lowest BCUT2D eigenvalue weighted by Gasteiger charge is -2.20. The molecule has 0 spiro atoms. The molecule has 172 valence electrons. The molecule has 0 saturated carbocycles. The summed E-state index contributed by atoms with van der Waals surface area (Å²) in [6, 6.07) is 15.7. The van der Waals surface area contributed by atoms with Gasteiger partial charge in [0, 0.05) is 7.05 Å². The van der Waals surface area contributed by atoms with Crippen LogP contribution in [0.5, 0.6) is 5.75 Å². The van der Waals surface area contributed by atoms with Gasteiger partial charge in [0.1, 0.15) is 11.6 Å². The normalized spacial score (nSPS) is 11.0. The molecule has 9 heteroatoms. The molecule has 3 aromatic carbocycles. The molecule has 0 aliphatic heterocycles. The monoisotopic (exact) mass is 471 g/mol. The number of anilines is 1. The van der Waals surface area contributed by atoms with Crippen molar-refractivity contribution in [3.63, 3.8) is 0 Å². The molecule has 0 N–H and O–H groups in total. The minimum atomic E-state index is -3.95. The van der Waals surface area contributed by atoms with E-state index < -0.39 is 34.2 Å². The van der Waals surface area contributed by atoms with Crippen LogP contribution in [0.3, 0.4) is 0 Å². The molecular formula is C24H22FNO6S. The topological polar surface area (TPSA) is 90.0 Å². The SMILES string of the molecule is COc1ccc(F)cc1C(=O)COC(=O)c1cccc(S(=O)(=O)N(C)c2ccc(C)cc2)c1. The van der Waals surface area contributed by atoms with Gasteiger partial charge < -0.3 is 9.47 Å². The van der Waals surface area contributed by atoms with E-state index in [0.29, 0.717) is 5.69 Å². The van der Waals surface area contributed by atoms with Crippen molar-refractivity contribution >= 4 is 27.5 Å². The Morgan fingerprint density at radius 1 is 1.00 bits per heavy atom. The first-order valence-electron chi connectivity index (χ1n) is 9.83. The number of hydrogen-bond acceptors (Lipinski definition) is 6. The summed E-state index contributed by atoms with van der Waals surface area (Å²) in [5.74, 6) is -2.05. The van der Waals surface area contributed by atoms with E-state index in [9.17, 15) is 22.4 Å². The number of rotatable bonds is 8. The Morgan fingerprint density at radius 2 is 1.70 bits per heavy atom. The van der Waals surface area contributed by atoms with E-state index in [1.165, 1.54) is 44.5 Å². The van der Waals surface area contributed by atoms with Crippen molar-refractivity contribution in [3.05, 3.63) is 89.2 Å². The summed E-state index contributed by atoms with van der Waals surface area (Å²) >= 11 is 0. The molecular weight excluding hydrogens is 449 g/mol. The van der Waals surface area contributed by atoms with E-state index in [2.05, 4.69) is 0 Å². The molecule has 0 saturated heterocycles. The summed E-state index contributed by atoms with van der Waals surface area (Å²) in [4.78, 5) is 24.7. The van der Waals surface area contributed by atoms with Crippen LogP contribution in [0.15, 0.2) is 71.6 Å². The molecule has 0 heterocycles. The molecule has 3 rings (SSSR count). The van der Waals surface area contributed by atoms with Gasteiger partial charge in [0.05, 0.1) is 28.8 Å². The molecule has 0 aromatic heterocycles. The van der Waals surface area contributed by atoms with Crippen LogP contribution in [0.25, 0.3) is 0 Å². The van der Waals surface area contributed by atoms with Crippen LogP contribution >= 0.6 is 0 Å². The second-order valence-electron chi connectivity index (χ2n) is 7.18. The van der Waals surface area contributed by atoms with E-state index in [1.54, 1.807) is 24.3 Å². The maximum Gasteiger partial charge on any atom is 0.338 e. The van der Waals surface area contributed by atoms with Crippen LogP contribution < -0.4 is 9.04 Å². The number of aryl methyl sites for hydroxylation is 1. The molecule has 3 aromatic rings. The molecule has 0 bridgehead atoms. The number of esters is 1. The highest BCUT2D eigenvalue weighted by Gasteiger charge is 2.23. The molecule has 33 heavy (non-hydrogen) atoms. The van der Waals surface area contributed by atoms with Crippen LogP contribution in [0.4, 0.5) is 10.1 Å². The Hall–Kier alpha value is -3.72. The zero-order chi connectivity index (χ0) is 24.2. The first kappa shape index (κ1) is 23.9. The summed E-state index contributed by atoms with van der Waals surface area (Å²) < 4.78 is 50.7. The van der Waals surface area contributed by atoms with Crippen LogP contribution in [0.2, 0.25) is 0 Å². The largest absolute Gasteiger partial charge is 0.496 e. The summed E-state index contributed by atoms with van der Waals surface area (Å²) in [7, 11) is -1.21. The number of ether oxygens (including phenoxy) is 2. The Morgan fingerprint density at radius 3 is 2.36 bits per heavy atom. The van der Waals surface area contributed by atoms with Gasteiger partial charge >= 0.3 is 5.97 Å². The lowest BCUT2D eigenvalue weighted by Crippen LogP contribution is -2.26. The minimum absolute atomic E-state index is 0.0487. The Balaban J connectivity index is 1.76. The van der Waals surface area contributed by atoms with E-state index in [0.717, 1.165) is 22.0 Å². The quantitative estimate of drug-likeness (QED) is 0.364. The fraction of sp³-hybridized carbons (Fsp3) is 0.167. The molecule has 0 unspecified atom stereocenters. The predicted octanol–water partition coefficient (Wildman–Crippen LogP) is 4.01. The number of carbonyl (C=O) groups is 2. The average molecular weight is 472 g/mol. The second-order valence-corrected chi connectivity index (χ2v) is 9.15. The molecule has 0 atom stereocenters. The van der Waals surface area contributed by atoms with Crippen LogP contribution in [0.1, 0.15) is 26.3 Å². The highest BCUT2D eigenvalue weighted by molar-refractivity contribution is 7.92. The zero-order valence-electron chi connectivity index (χ0n) is 18.2. The molecule has 0 aliphatic carbocycles. The van der Waals surface area contributed by atoms with Gasteiger partial charge in [-0.1, -0.05) is 23.8 Å². The molecule has 0 aliphatic rings. The number of Topliss-reactive ketones (excluding diaryl/α,β-unsaturated/α-hetero) is 1. The van der Waals surface area contributed by atoms with E-state index in [1.807, 2.05) is 6.92 Å². The van der Waals surface area contributed by atoms with Crippen molar-refractivity contribution in [2.45, 2.75) is 11.8 Å². The average Bonchev–Trinajstić information content (AvgIpc) is 2.82. The lowest BCUT2D eigenvalue weighted by atomic mass is 10.1. The third-order valence-corrected chi connectivity index (χ3v) is 6.70. The van der Waals surface area contributed by atoms with E-state index in [4.69, 9.17) is 9.47 Å². The maximum atomic E-state index is 13.5. The van der Waals surface area contributed by atoms with Crippen molar-refractivity contribution in [1.82, 2.24) is 0 Å². The number of methoxy groups -OCH3 is 1. The van der Waals surface area contributed by atoms with Crippen molar-refractivity contribution < 1.29 is 31.9 Å². The summed E-state index contributed by atoms with van der Waals surface area (Å²) in [5.41, 5.74) is 1.33. The zero-order valence-corrected chi connectivity index (χ0v) is 19.1. The molecule has 0 fully saturated rings. The van der Waals surface area contributed by atoms with Crippen LogP contribution in [-0.4, -0.2) is 40.9 Å². The van der Waals surface area contributed by atoms with Gasteiger partial charge in [-0.2, -0.15) is 0 Å². The van der Waals surface area contributed by atoms with Crippen molar-refractivity contribution in [2.75, 3.05) is 25.1 Å². The number of sulfonamides is 1. The third-order valence-electron chi connectivity index (χ3n) is 4.92. The molecule has 7 nitrogen and oxygen atoms in total. The van der Waals surface area contributed by atoms with Crippen molar-refractivity contribution in [2.24, 2.45) is 0 Å². The van der Waals surface area contributed by atoms with Gasteiger partial charge in [0.15, 0.2) is 6.61 Å². The summed E-state index contributed by atoms with van der Waals surface area (Å²) in [6.45, 7) is 1.22. The van der Waals surface area contributed by atoms with Crippen LogP contribution in [-0.2, 0) is 14.8 Å². The van der Waals surface area contributed by atoms with Gasteiger partial charge in [0.25, 0.3) is 10.0 Å². The first-order valence-corrected chi connectivity index (χ1v) is 11.3. The third kappa shape index (κ3) is 5.38. The fourth-order valence-electron chi connectivity index (χ4n) is 3.03. The smallest absolute Gasteiger partial charge is 0.338 e. The lowest BCUT2D eigenvalue weighted by molar-refractivity contribution is 0.0473. The second kappa shape index (κ2) is 9.83. The number of nitrogens with zero attached hydrogens (tertiary/aromatic N) is 1. The number of halogens is 1. The fourth-order valence-corrected chi connectivity index (χ4v) is 4.27. The first-order chi connectivity index (χ1) is 15.6. The van der Waals surface area contributed by atoms with Crippen molar-refractivity contribution in [1.29, 1.82) is 0 Å². The molecule has 0 radical (unpaired) electrons. The summed E-state index contributed by atoms with van der Waals surface area (Å²) in [5, 5.41) is 0. The number of benzene rings is 3. The minimum Gasteiger partial charge on any atom is -0.496 e. The van der Waals surface area contributed by atoms with E-state index >= 15 is 0 Å². The summed E-state index contributed by atoms with van der Waals surface area (Å²) in [6.07, 6.45) is 0. The van der Waals surface area contributed by atoms with Gasteiger partial charge in [-0.15, -0.1) is 0 Å². The Labute approximate surface area is 191 Å². The standard InChI is InChI=1S/C24H22FNO6S/c1-16-7-10-19(11-8-16)26(2)33(29,30)20-6-4-5-17(13-20)24(28)32-15-22(27)21-14-18(25)9-12-23(21)31-3/h4-14H,15H2,1-3H3. The number of hydrogen-bond donors (Lipinski definition) is 0. The number of ketones is 1. The van der Waals surface area contributed by atoms with E-state index in [-0.39, 0.29) is 21.8 Å². The van der Waals surface area contributed by atoms with Crippen molar-refractivity contribution in [3.8, 4) is 5.75 Å². The van der Waals surface area contributed by atoms with Crippen LogP contribution in [0, 0.1) is 12.7 Å². The predicted molar refractivity (Wildman–Crippen MR) is 121 cm³/mol. The van der Waals surface area contributed by atoms with Gasteiger partial charge in [-0.25, -0.2) is 17.6 Å². The highest BCUT2D eigenvalue weighted by Crippen LogP contribution is 2.24. The molecule has 0 amide bonds. The highest BCUT2D eigenvalue weighted by atomic mass is 32.2. The Kier molecular flexibility index (Phi) is 7.13. The Bertz CT molecular complexity index is 1290. The van der Waals surface area contributed by atoms with Gasteiger partial charge in [-0.05, 0) is 55.5 Å². The van der Waals surface area contributed by atoms with Gasteiger partial charge in [0.2, 0.25) is 5.78 Å².